The third-order valence-corrected chi connectivity index (χ3v) is 5.59. The number of anilines is 1. The maximum Gasteiger partial charge on any atom is 0.185 e. The average molecular weight is 428 g/mol. The van der Waals surface area contributed by atoms with Crippen molar-refractivity contribution in [1.82, 2.24) is 0 Å². The fraction of sp³-hybridized carbons (Fsp3) is 0.174. The Labute approximate surface area is 179 Å². The van der Waals surface area contributed by atoms with Crippen LogP contribution in [0, 0.1) is 0 Å². The van der Waals surface area contributed by atoms with E-state index in [0.717, 1.165) is 32.0 Å². The van der Waals surface area contributed by atoms with Gasteiger partial charge in [-0.1, -0.05) is 29.3 Å². The molecule has 1 fully saturated rings. The molecule has 0 bridgehead atoms. The van der Waals surface area contributed by atoms with Gasteiger partial charge in [0.05, 0.1) is 23.3 Å². The first-order chi connectivity index (χ1) is 14.1. The molecule has 0 unspecified atom stereocenters. The monoisotopic (exact) mass is 427 g/mol. The lowest BCUT2D eigenvalue weighted by molar-refractivity contribution is 0.104. The van der Waals surface area contributed by atoms with Gasteiger partial charge >= 0.3 is 0 Å². The Kier molecular flexibility index (Phi) is 6.05. The first-order valence-electron chi connectivity index (χ1n) is 9.31. The topological polar surface area (TPSA) is 42.7 Å². The Balaban J connectivity index is 1.44. The van der Waals surface area contributed by atoms with E-state index in [1.165, 1.54) is 6.08 Å². The van der Waals surface area contributed by atoms with Gasteiger partial charge in [0.15, 0.2) is 5.78 Å². The average Bonchev–Trinajstić information content (AvgIpc) is 3.23. The summed E-state index contributed by atoms with van der Waals surface area (Å²) in [5.74, 6) is 1.08. The molecule has 1 aromatic heterocycles. The quantitative estimate of drug-likeness (QED) is 0.370. The molecule has 0 spiro atoms. The number of rotatable bonds is 5. The van der Waals surface area contributed by atoms with Gasteiger partial charge in [-0.05, 0) is 60.7 Å². The number of ether oxygens (including phenoxy) is 1. The van der Waals surface area contributed by atoms with E-state index in [1.807, 2.05) is 36.4 Å². The highest BCUT2D eigenvalue weighted by Gasteiger charge is 2.12. The number of morpholine rings is 1. The number of allylic oxidation sites excluding steroid dienone is 1. The normalized spacial score (nSPS) is 14.5. The van der Waals surface area contributed by atoms with Gasteiger partial charge in [0, 0.05) is 29.9 Å². The molecule has 29 heavy (non-hydrogen) atoms. The van der Waals surface area contributed by atoms with Crippen LogP contribution in [0.25, 0.3) is 17.4 Å². The predicted octanol–water partition coefficient (Wildman–Crippen LogP) is 5.99. The predicted molar refractivity (Wildman–Crippen MR) is 117 cm³/mol. The first kappa shape index (κ1) is 19.8. The number of benzene rings is 2. The molecule has 148 valence electrons. The van der Waals surface area contributed by atoms with Crippen molar-refractivity contribution in [3.05, 3.63) is 82.0 Å². The zero-order valence-electron chi connectivity index (χ0n) is 15.6. The Morgan fingerprint density at radius 1 is 0.966 bits per heavy atom. The molecule has 0 N–H and O–H groups in total. The van der Waals surface area contributed by atoms with Gasteiger partial charge < -0.3 is 14.1 Å². The summed E-state index contributed by atoms with van der Waals surface area (Å²) in [5, 5.41) is 0.906. The minimum atomic E-state index is -0.0859. The van der Waals surface area contributed by atoms with E-state index >= 15 is 0 Å². The number of nitrogens with zero attached hydrogens (tertiary/aromatic N) is 1. The zero-order chi connectivity index (χ0) is 20.2. The van der Waals surface area contributed by atoms with Crippen molar-refractivity contribution in [1.29, 1.82) is 0 Å². The van der Waals surface area contributed by atoms with Crippen molar-refractivity contribution < 1.29 is 13.9 Å². The minimum absolute atomic E-state index is 0.0859. The number of furan rings is 1. The van der Waals surface area contributed by atoms with Crippen LogP contribution in [0.3, 0.4) is 0 Å². The molecule has 1 aliphatic heterocycles. The molecule has 0 saturated carbocycles. The summed E-state index contributed by atoms with van der Waals surface area (Å²) >= 11 is 12.3. The number of halogens is 2. The molecule has 0 amide bonds. The summed E-state index contributed by atoms with van der Waals surface area (Å²) in [4.78, 5) is 14.7. The van der Waals surface area contributed by atoms with E-state index in [1.54, 1.807) is 24.3 Å². The van der Waals surface area contributed by atoms with Crippen LogP contribution in [0.1, 0.15) is 16.1 Å². The van der Waals surface area contributed by atoms with Gasteiger partial charge in [-0.15, -0.1) is 0 Å². The van der Waals surface area contributed by atoms with Crippen LogP contribution in [0.5, 0.6) is 0 Å². The van der Waals surface area contributed by atoms with Gasteiger partial charge in [0.25, 0.3) is 0 Å². The van der Waals surface area contributed by atoms with E-state index in [-0.39, 0.29) is 5.78 Å². The SMILES string of the molecule is O=C(/C=C/c1ccc(-c2cccc(Cl)c2Cl)o1)c1ccc(N2CCOCC2)cc1. The highest BCUT2D eigenvalue weighted by Crippen LogP contribution is 2.34. The van der Waals surface area contributed by atoms with Crippen LogP contribution < -0.4 is 4.90 Å². The van der Waals surface area contributed by atoms with Crippen LogP contribution in [0.2, 0.25) is 10.0 Å². The summed E-state index contributed by atoms with van der Waals surface area (Å²) in [7, 11) is 0. The molecule has 4 rings (SSSR count). The van der Waals surface area contributed by atoms with Crippen LogP contribution in [0.4, 0.5) is 5.69 Å². The summed E-state index contributed by atoms with van der Waals surface area (Å²) < 4.78 is 11.2. The molecule has 0 radical (unpaired) electrons. The van der Waals surface area contributed by atoms with Crippen molar-refractivity contribution in [2.24, 2.45) is 0 Å². The first-order valence-corrected chi connectivity index (χ1v) is 10.1. The molecule has 0 atom stereocenters. The maximum atomic E-state index is 12.5. The molecule has 2 heterocycles. The summed E-state index contributed by atoms with van der Waals surface area (Å²) in [6.45, 7) is 3.19. The second-order valence-corrected chi connectivity index (χ2v) is 7.43. The molecule has 4 nitrogen and oxygen atoms in total. The van der Waals surface area contributed by atoms with Gasteiger partial charge in [-0.25, -0.2) is 0 Å². The Hall–Kier alpha value is -2.53. The molecule has 2 aromatic carbocycles. The lowest BCUT2D eigenvalue weighted by Gasteiger charge is -2.28. The van der Waals surface area contributed by atoms with Crippen LogP contribution in [-0.2, 0) is 4.74 Å². The summed E-state index contributed by atoms with van der Waals surface area (Å²) in [5.41, 5.74) is 2.44. The number of carbonyl (C=O) groups excluding carboxylic acids is 1. The second kappa shape index (κ2) is 8.87. The van der Waals surface area contributed by atoms with Gasteiger partial charge in [-0.3, -0.25) is 4.79 Å². The summed E-state index contributed by atoms with van der Waals surface area (Å²) in [6, 6.07) is 16.6. The third kappa shape index (κ3) is 4.56. The molecule has 1 aliphatic rings. The van der Waals surface area contributed by atoms with Crippen molar-refractivity contribution in [3.8, 4) is 11.3 Å². The highest BCUT2D eigenvalue weighted by atomic mass is 35.5. The zero-order valence-corrected chi connectivity index (χ0v) is 17.1. The number of hydrogen-bond acceptors (Lipinski definition) is 4. The molecule has 1 saturated heterocycles. The molecule has 0 aliphatic carbocycles. The van der Waals surface area contributed by atoms with E-state index in [9.17, 15) is 4.79 Å². The standard InChI is InChI=1S/C23H19Cl2NO3/c24-20-3-1-2-19(23(20)25)22-11-9-18(29-22)8-10-21(27)16-4-6-17(7-5-16)26-12-14-28-15-13-26/h1-11H,12-15H2/b10-8+. The lowest BCUT2D eigenvalue weighted by Crippen LogP contribution is -2.36. The van der Waals surface area contributed by atoms with Crippen molar-refractivity contribution in [2.75, 3.05) is 31.2 Å². The largest absolute Gasteiger partial charge is 0.457 e. The van der Waals surface area contributed by atoms with E-state index < -0.39 is 0 Å². The van der Waals surface area contributed by atoms with Crippen LogP contribution in [0.15, 0.2) is 65.1 Å². The fourth-order valence-electron chi connectivity index (χ4n) is 3.19. The number of hydrogen-bond donors (Lipinski definition) is 0. The van der Waals surface area contributed by atoms with Gasteiger partial charge in [0.2, 0.25) is 0 Å². The fourth-order valence-corrected chi connectivity index (χ4v) is 3.59. The molecule has 3 aromatic rings. The smallest absolute Gasteiger partial charge is 0.185 e. The van der Waals surface area contributed by atoms with Crippen molar-refractivity contribution >= 4 is 40.7 Å². The molecule has 6 heteroatoms. The van der Waals surface area contributed by atoms with Crippen LogP contribution >= 0.6 is 23.2 Å². The van der Waals surface area contributed by atoms with Gasteiger partial charge in [-0.2, -0.15) is 0 Å². The Morgan fingerprint density at radius 2 is 1.72 bits per heavy atom. The van der Waals surface area contributed by atoms with Crippen molar-refractivity contribution in [2.45, 2.75) is 0 Å². The summed E-state index contributed by atoms with van der Waals surface area (Å²) in [6.07, 6.45) is 3.16. The highest BCUT2D eigenvalue weighted by molar-refractivity contribution is 6.43. The lowest BCUT2D eigenvalue weighted by atomic mass is 10.1. The molecular formula is C23H19Cl2NO3. The third-order valence-electron chi connectivity index (χ3n) is 4.77. The van der Waals surface area contributed by atoms with E-state index in [2.05, 4.69) is 4.90 Å². The van der Waals surface area contributed by atoms with E-state index in [4.69, 9.17) is 32.4 Å². The maximum absolute atomic E-state index is 12.5. The Bertz CT molecular complexity index is 1030. The second-order valence-electron chi connectivity index (χ2n) is 6.65. The van der Waals surface area contributed by atoms with Gasteiger partial charge in [0.1, 0.15) is 11.5 Å². The van der Waals surface area contributed by atoms with Crippen LogP contribution in [-0.4, -0.2) is 32.1 Å². The van der Waals surface area contributed by atoms with Crippen molar-refractivity contribution in [3.63, 3.8) is 0 Å². The number of carbonyl (C=O) groups is 1. The number of ketones is 1. The molecular weight excluding hydrogens is 409 g/mol. The Morgan fingerprint density at radius 3 is 2.48 bits per heavy atom. The minimum Gasteiger partial charge on any atom is -0.457 e. The van der Waals surface area contributed by atoms with E-state index in [0.29, 0.717) is 32.7 Å².